The molecule has 1 aliphatic heterocycles. The summed E-state index contributed by atoms with van der Waals surface area (Å²) in [5.74, 6) is -3.69. The van der Waals surface area contributed by atoms with Crippen LogP contribution in [-0.2, 0) is 19.2 Å². The molecular formula is C23H17N5O8. The highest BCUT2D eigenvalue weighted by Gasteiger charge is 2.34. The number of benzene rings is 2. The molecule has 36 heavy (non-hydrogen) atoms. The number of amides is 3. The fraction of sp³-hybridized carbons (Fsp3) is 0.0435. The summed E-state index contributed by atoms with van der Waals surface area (Å²) in [4.78, 5) is 72.1. The van der Waals surface area contributed by atoms with Crippen molar-refractivity contribution in [1.29, 1.82) is 0 Å². The first-order valence-electron chi connectivity index (χ1n) is 10.2. The first-order valence-corrected chi connectivity index (χ1v) is 10.2. The van der Waals surface area contributed by atoms with Gasteiger partial charge in [0, 0.05) is 17.1 Å². The minimum atomic E-state index is -0.981. The van der Waals surface area contributed by atoms with E-state index in [9.17, 15) is 33.9 Å². The van der Waals surface area contributed by atoms with Crippen LogP contribution < -0.4 is 21.1 Å². The summed E-state index contributed by atoms with van der Waals surface area (Å²) in [5.41, 5.74) is -0.363. The molecule has 0 bridgehead atoms. The Bertz CT molecular complexity index is 1480. The quantitative estimate of drug-likeness (QED) is 0.113. The molecule has 5 N–H and O–H groups in total. The summed E-state index contributed by atoms with van der Waals surface area (Å²) in [6.07, 6.45) is 0.697. The summed E-state index contributed by atoms with van der Waals surface area (Å²) in [6.45, 7) is -0.226. The lowest BCUT2D eigenvalue weighted by atomic mass is 10.2. The Morgan fingerprint density at radius 1 is 0.889 bits per heavy atom. The van der Waals surface area contributed by atoms with Crippen molar-refractivity contribution in [2.45, 2.75) is 0 Å². The van der Waals surface area contributed by atoms with Crippen molar-refractivity contribution in [3.63, 3.8) is 0 Å². The highest BCUT2D eigenvalue weighted by atomic mass is 16.3. The molecule has 182 valence electrons. The zero-order valence-electron chi connectivity index (χ0n) is 18.2. The third-order valence-corrected chi connectivity index (χ3v) is 5.26. The van der Waals surface area contributed by atoms with Crippen LogP contribution in [0.2, 0.25) is 0 Å². The molecule has 1 saturated heterocycles. The number of Topliss-reactive ketones (excluding diaryl/α,β-unsaturated/α-hetero) is 1. The van der Waals surface area contributed by atoms with Crippen LogP contribution in [0.25, 0.3) is 5.69 Å². The van der Waals surface area contributed by atoms with Gasteiger partial charge in [0.2, 0.25) is 5.88 Å². The number of hydrogen-bond acceptors (Lipinski definition) is 8. The number of ketones is 1. The van der Waals surface area contributed by atoms with Gasteiger partial charge in [-0.2, -0.15) is 0 Å². The maximum Gasteiger partial charge on any atom is 0.314 e. The van der Waals surface area contributed by atoms with Gasteiger partial charge in [0.25, 0.3) is 11.5 Å². The summed E-state index contributed by atoms with van der Waals surface area (Å²) >= 11 is 0. The molecule has 1 fully saturated rings. The zero-order valence-corrected chi connectivity index (χ0v) is 18.2. The molecule has 0 saturated carbocycles. The molecule has 13 heteroatoms. The Labute approximate surface area is 201 Å². The molecule has 0 spiro atoms. The Morgan fingerprint density at radius 2 is 1.42 bits per heavy atom. The second kappa shape index (κ2) is 9.42. The van der Waals surface area contributed by atoms with Gasteiger partial charge in [-0.25, -0.2) is 4.68 Å². The smallest absolute Gasteiger partial charge is 0.314 e. The van der Waals surface area contributed by atoms with E-state index in [1.54, 1.807) is 0 Å². The second-order valence-electron chi connectivity index (χ2n) is 7.49. The SMILES string of the molecule is O=Cc1c(O)n(-c2ccc(NC(=O)C(=O)Nc3ccc(N4CC(=O)/C(=C\O)C4=O)cc3)cc2)[nH]c1=O. The molecule has 1 aliphatic rings. The van der Waals surface area contributed by atoms with Crippen LogP contribution in [0, 0.1) is 0 Å². The van der Waals surface area contributed by atoms with E-state index in [4.69, 9.17) is 5.11 Å². The molecule has 0 radical (unpaired) electrons. The number of carbonyl (C=O) groups is 5. The number of anilines is 3. The molecule has 13 nitrogen and oxygen atoms in total. The van der Waals surface area contributed by atoms with Crippen molar-refractivity contribution in [3.8, 4) is 11.6 Å². The number of aromatic hydroxyl groups is 1. The van der Waals surface area contributed by atoms with Crippen LogP contribution >= 0.6 is 0 Å². The lowest BCUT2D eigenvalue weighted by Crippen LogP contribution is -2.29. The Kier molecular flexibility index (Phi) is 6.20. The normalized spacial score (nSPS) is 14.2. The molecule has 2 heterocycles. The number of aromatic nitrogens is 2. The number of H-pyrrole nitrogens is 1. The third kappa shape index (κ3) is 4.35. The Morgan fingerprint density at radius 3 is 1.86 bits per heavy atom. The van der Waals surface area contributed by atoms with Crippen molar-refractivity contribution < 1.29 is 34.2 Å². The number of carbonyl (C=O) groups excluding carboxylic acids is 5. The average Bonchev–Trinajstić information content (AvgIpc) is 3.32. The lowest BCUT2D eigenvalue weighted by molar-refractivity contribution is -0.132. The summed E-state index contributed by atoms with van der Waals surface area (Å²) < 4.78 is 0.987. The predicted octanol–water partition coefficient (Wildman–Crippen LogP) is 0.618. The van der Waals surface area contributed by atoms with Crippen molar-refractivity contribution in [2.75, 3.05) is 22.1 Å². The largest absolute Gasteiger partial charge is 0.515 e. The topological polar surface area (TPSA) is 191 Å². The predicted molar refractivity (Wildman–Crippen MR) is 125 cm³/mol. The molecule has 0 atom stereocenters. The van der Waals surface area contributed by atoms with Crippen LogP contribution in [0.4, 0.5) is 17.1 Å². The Balaban J connectivity index is 1.38. The van der Waals surface area contributed by atoms with Gasteiger partial charge in [0.05, 0.1) is 18.5 Å². The van der Waals surface area contributed by atoms with E-state index in [0.29, 0.717) is 17.6 Å². The molecular weight excluding hydrogens is 474 g/mol. The minimum absolute atomic E-state index is 0.225. The first kappa shape index (κ1) is 23.7. The number of nitrogens with one attached hydrogen (secondary N) is 3. The van der Waals surface area contributed by atoms with E-state index in [1.165, 1.54) is 48.5 Å². The lowest BCUT2D eigenvalue weighted by Gasteiger charge is -2.15. The summed E-state index contributed by atoms with van der Waals surface area (Å²) in [6, 6.07) is 11.5. The van der Waals surface area contributed by atoms with E-state index in [1.807, 2.05) is 0 Å². The van der Waals surface area contributed by atoms with E-state index < -0.39 is 40.5 Å². The third-order valence-electron chi connectivity index (χ3n) is 5.26. The number of aromatic amines is 1. The Hall–Kier alpha value is -5.46. The number of aliphatic hydroxyl groups excluding tert-OH is 1. The number of nitrogens with zero attached hydrogens (tertiary/aromatic N) is 2. The fourth-order valence-corrected chi connectivity index (χ4v) is 3.43. The van der Waals surface area contributed by atoms with Gasteiger partial charge in [0.15, 0.2) is 12.1 Å². The van der Waals surface area contributed by atoms with Crippen molar-refractivity contribution in [2.24, 2.45) is 0 Å². The van der Waals surface area contributed by atoms with Gasteiger partial charge in [0.1, 0.15) is 11.1 Å². The number of aldehydes is 1. The van der Waals surface area contributed by atoms with Gasteiger partial charge >= 0.3 is 11.8 Å². The van der Waals surface area contributed by atoms with Gasteiger partial charge in [-0.1, -0.05) is 0 Å². The van der Waals surface area contributed by atoms with E-state index >= 15 is 0 Å². The van der Waals surface area contributed by atoms with Crippen molar-refractivity contribution >= 4 is 46.9 Å². The summed E-state index contributed by atoms with van der Waals surface area (Å²) in [7, 11) is 0. The van der Waals surface area contributed by atoms with Crippen LogP contribution in [-0.4, -0.2) is 56.3 Å². The monoisotopic (exact) mass is 491 g/mol. The molecule has 2 aromatic carbocycles. The molecule has 1 aromatic heterocycles. The van der Waals surface area contributed by atoms with Gasteiger partial charge in [-0.3, -0.25) is 33.9 Å². The molecule has 4 rings (SSSR count). The van der Waals surface area contributed by atoms with Crippen molar-refractivity contribution in [3.05, 3.63) is 76.3 Å². The maximum absolute atomic E-state index is 12.3. The van der Waals surface area contributed by atoms with Crippen molar-refractivity contribution in [1.82, 2.24) is 9.78 Å². The van der Waals surface area contributed by atoms with E-state index in [0.717, 1.165) is 9.58 Å². The highest BCUT2D eigenvalue weighted by Crippen LogP contribution is 2.24. The fourth-order valence-electron chi connectivity index (χ4n) is 3.43. The van der Waals surface area contributed by atoms with Crippen LogP contribution in [0.3, 0.4) is 0 Å². The average molecular weight is 491 g/mol. The minimum Gasteiger partial charge on any atom is -0.515 e. The number of aliphatic hydroxyl groups is 1. The van der Waals surface area contributed by atoms with Gasteiger partial charge < -0.3 is 25.7 Å². The van der Waals surface area contributed by atoms with E-state index in [-0.39, 0.29) is 29.8 Å². The van der Waals surface area contributed by atoms with Crippen LogP contribution in [0.15, 0.2) is 65.2 Å². The number of rotatable bonds is 5. The second-order valence-corrected chi connectivity index (χ2v) is 7.49. The standard InChI is InChI=1S/C23H17N5O8/c29-10-16-18(31)9-27(22(16)35)14-5-1-12(2-6-14)24-20(33)21(34)25-13-3-7-15(8-4-13)28-23(36)17(11-30)19(32)26-28/h1-8,10-11,29,36H,9H2,(H,24,33)(H,25,34)(H,26,32)/b16-10+. The van der Waals surface area contributed by atoms with Crippen LogP contribution in [0.1, 0.15) is 10.4 Å². The molecule has 3 aromatic rings. The van der Waals surface area contributed by atoms with Gasteiger partial charge in [-0.15, -0.1) is 0 Å². The molecule has 3 amide bonds. The first-order chi connectivity index (χ1) is 17.2. The van der Waals surface area contributed by atoms with Crippen LogP contribution in [0.5, 0.6) is 5.88 Å². The summed E-state index contributed by atoms with van der Waals surface area (Å²) in [5, 5.41) is 26.0. The molecule has 0 unspecified atom stereocenters. The zero-order chi connectivity index (χ0) is 26.0. The van der Waals surface area contributed by atoms with Gasteiger partial charge in [-0.05, 0) is 48.5 Å². The number of hydrogen-bond donors (Lipinski definition) is 5. The maximum atomic E-state index is 12.3. The molecule has 0 aliphatic carbocycles. The van der Waals surface area contributed by atoms with E-state index in [2.05, 4.69) is 15.7 Å². The highest BCUT2D eigenvalue weighted by molar-refractivity contribution is 6.43.